The van der Waals surface area contributed by atoms with Gasteiger partial charge in [0.15, 0.2) is 5.78 Å². The Hall–Kier alpha value is -2.87. The highest BCUT2D eigenvalue weighted by molar-refractivity contribution is 5.93. The Labute approximate surface area is 142 Å². The molecule has 3 rings (SSSR count). The molecule has 0 N–H and O–H groups in total. The fraction of sp³-hybridized carbons (Fsp3) is 0.136. The molecule has 0 saturated heterocycles. The molecule has 0 aliphatic heterocycles. The number of benzene rings is 2. The van der Waals surface area contributed by atoms with E-state index in [4.69, 9.17) is 4.42 Å². The summed E-state index contributed by atoms with van der Waals surface area (Å²) in [6, 6.07) is 24.2. The van der Waals surface area contributed by atoms with Crippen LogP contribution in [0.1, 0.15) is 29.2 Å². The molecule has 24 heavy (non-hydrogen) atoms. The lowest BCUT2D eigenvalue weighted by Crippen LogP contribution is -2.08. The first-order chi connectivity index (χ1) is 11.8. The van der Waals surface area contributed by atoms with E-state index >= 15 is 0 Å². The van der Waals surface area contributed by atoms with Gasteiger partial charge in [0.05, 0.1) is 6.26 Å². The molecule has 0 fully saturated rings. The first-order valence-electron chi connectivity index (χ1n) is 8.14. The summed E-state index contributed by atoms with van der Waals surface area (Å²) in [7, 11) is 0. The van der Waals surface area contributed by atoms with Gasteiger partial charge in [0, 0.05) is 6.42 Å². The summed E-state index contributed by atoms with van der Waals surface area (Å²) in [5.41, 5.74) is 2.44. The zero-order valence-corrected chi connectivity index (χ0v) is 13.5. The number of ketones is 1. The second-order valence-corrected chi connectivity index (χ2v) is 5.82. The highest BCUT2D eigenvalue weighted by atomic mass is 16.3. The summed E-state index contributed by atoms with van der Waals surface area (Å²) in [6.45, 7) is 0. The minimum absolute atomic E-state index is 0.108. The van der Waals surface area contributed by atoms with Crippen molar-refractivity contribution in [3.05, 3.63) is 102 Å². The van der Waals surface area contributed by atoms with Crippen molar-refractivity contribution in [3.8, 4) is 0 Å². The van der Waals surface area contributed by atoms with Gasteiger partial charge < -0.3 is 4.42 Å². The lowest BCUT2D eigenvalue weighted by molar-refractivity contribution is -0.114. The summed E-state index contributed by atoms with van der Waals surface area (Å²) < 4.78 is 5.23. The smallest absolute Gasteiger partial charge is 0.156 e. The maximum Gasteiger partial charge on any atom is 0.156 e. The van der Waals surface area contributed by atoms with E-state index in [9.17, 15) is 4.79 Å². The number of carbonyl (C=O) groups is 1. The summed E-state index contributed by atoms with van der Waals surface area (Å²) >= 11 is 0. The van der Waals surface area contributed by atoms with Gasteiger partial charge in [-0.3, -0.25) is 4.79 Å². The van der Waals surface area contributed by atoms with E-state index in [1.165, 1.54) is 11.1 Å². The minimum atomic E-state index is 0.108. The topological polar surface area (TPSA) is 30.2 Å². The second-order valence-electron chi connectivity index (χ2n) is 5.82. The summed E-state index contributed by atoms with van der Waals surface area (Å²) in [5.74, 6) is 0.973. The van der Waals surface area contributed by atoms with E-state index in [1.54, 1.807) is 18.4 Å². The van der Waals surface area contributed by atoms with Crippen LogP contribution in [0.5, 0.6) is 0 Å². The van der Waals surface area contributed by atoms with Crippen molar-refractivity contribution in [2.75, 3.05) is 0 Å². The van der Waals surface area contributed by atoms with Gasteiger partial charge in [-0.05, 0) is 47.8 Å². The number of hydrogen-bond donors (Lipinski definition) is 0. The van der Waals surface area contributed by atoms with Crippen LogP contribution >= 0.6 is 0 Å². The zero-order chi connectivity index (χ0) is 16.6. The molecule has 0 aliphatic carbocycles. The number of rotatable bonds is 7. The molecule has 2 heteroatoms. The average Bonchev–Trinajstić information content (AvgIpc) is 3.15. The fourth-order valence-corrected chi connectivity index (χ4v) is 2.80. The SMILES string of the molecule is O=C(/C=C/c1ccco1)CC(Cc1ccccc1)c1ccccc1. The fourth-order valence-electron chi connectivity index (χ4n) is 2.80. The highest BCUT2D eigenvalue weighted by Crippen LogP contribution is 2.25. The van der Waals surface area contributed by atoms with Crippen LogP contribution in [0, 0.1) is 0 Å². The summed E-state index contributed by atoms with van der Waals surface area (Å²) in [5, 5.41) is 0. The molecule has 2 nitrogen and oxygen atoms in total. The van der Waals surface area contributed by atoms with Crippen molar-refractivity contribution in [1.29, 1.82) is 0 Å². The molecule has 0 saturated carbocycles. The Morgan fingerprint density at radius 3 is 2.29 bits per heavy atom. The molecule has 2 aromatic carbocycles. The molecule has 1 atom stereocenters. The van der Waals surface area contributed by atoms with E-state index in [0.717, 1.165) is 6.42 Å². The lowest BCUT2D eigenvalue weighted by atomic mass is 9.88. The molecule has 1 unspecified atom stereocenters. The molecule has 0 amide bonds. The van der Waals surface area contributed by atoms with Crippen LogP contribution < -0.4 is 0 Å². The van der Waals surface area contributed by atoms with Crippen LogP contribution in [0.2, 0.25) is 0 Å². The Morgan fingerprint density at radius 2 is 1.62 bits per heavy atom. The van der Waals surface area contributed by atoms with E-state index in [1.807, 2.05) is 48.5 Å². The number of hydrogen-bond acceptors (Lipinski definition) is 2. The molecular weight excluding hydrogens is 296 g/mol. The Kier molecular flexibility index (Phi) is 5.41. The third-order valence-electron chi connectivity index (χ3n) is 4.02. The number of carbonyl (C=O) groups excluding carboxylic acids is 1. The van der Waals surface area contributed by atoms with Gasteiger partial charge in [0.25, 0.3) is 0 Å². The van der Waals surface area contributed by atoms with Gasteiger partial charge in [0.2, 0.25) is 0 Å². The van der Waals surface area contributed by atoms with Gasteiger partial charge in [-0.1, -0.05) is 60.7 Å². The first-order valence-corrected chi connectivity index (χ1v) is 8.14. The van der Waals surface area contributed by atoms with Gasteiger partial charge in [0.1, 0.15) is 5.76 Å². The third-order valence-corrected chi connectivity index (χ3v) is 4.02. The first kappa shape index (κ1) is 16.0. The van der Waals surface area contributed by atoms with Crippen molar-refractivity contribution >= 4 is 11.9 Å². The van der Waals surface area contributed by atoms with Crippen molar-refractivity contribution in [2.45, 2.75) is 18.8 Å². The van der Waals surface area contributed by atoms with E-state index in [0.29, 0.717) is 12.2 Å². The molecule has 3 aromatic rings. The van der Waals surface area contributed by atoms with Crippen LogP contribution in [0.3, 0.4) is 0 Å². The predicted octanol–water partition coefficient (Wildman–Crippen LogP) is 5.28. The van der Waals surface area contributed by atoms with Gasteiger partial charge >= 0.3 is 0 Å². The van der Waals surface area contributed by atoms with Crippen molar-refractivity contribution in [1.82, 2.24) is 0 Å². The standard InChI is InChI=1S/C22H20O2/c23-21(13-14-22-12-7-15-24-22)17-20(19-10-5-2-6-11-19)16-18-8-3-1-4-9-18/h1-15,20H,16-17H2/b14-13+. The molecule has 1 heterocycles. The summed E-state index contributed by atoms with van der Waals surface area (Å²) in [4.78, 5) is 12.4. The average molecular weight is 316 g/mol. The van der Waals surface area contributed by atoms with Crippen LogP contribution in [-0.4, -0.2) is 5.78 Å². The van der Waals surface area contributed by atoms with Crippen molar-refractivity contribution in [3.63, 3.8) is 0 Å². The molecule has 0 spiro atoms. The maximum atomic E-state index is 12.4. The van der Waals surface area contributed by atoms with Crippen LogP contribution in [0.4, 0.5) is 0 Å². The zero-order valence-electron chi connectivity index (χ0n) is 13.5. The van der Waals surface area contributed by atoms with E-state index in [-0.39, 0.29) is 11.7 Å². The molecule has 0 aliphatic rings. The molecule has 120 valence electrons. The normalized spacial score (nSPS) is 12.3. The van der Waals surface area contributed by atoms with Crippen molar-refractivity contribution in [2.24, 2.45) is 0 Å². The van der Waals surface area contributed by atoms with Gasteiger partial charge in [-0.25, -0.2) is 0 Å². The molecular formula is C22H20O2. The van der Waals surface area contributed by atoms with Crippen LogP contribution in [0.15, 0.2) is 89.6 Å². The largest absolute Gasteiger partial charge is 0.465 e. The lowest BCUT2D eigenvalue weighted by Gasteiger charge is -2.16. The number of allylic oxidation sites excluding steroid dienone is 1. The Balaban J connectivity index is 1.73. The monoisotopic (exact) mass is 316 g/mol. The van der Waals surface area contributed by atoms with E-state index in [2.05, 4.69) is 24.3 Å². The van der Waals surface area contributed by atoms with Gasteiger partial charge in [-0.15, -0.1) is 0 Å². The number of furan rings is 1. The minimum Gasteiger partial charge on any atom is -0.465 e. The Bertz CT molecular complexity index is 771. The molecule has 0 radical (unpaired) electrons. The van der Waals surface area contributed by atoms with Crippen LogP contribution in [-0.2, 0) is 11.2 Å². The highest BCUT2D eigenvalue weighted by Gasteiger charge is 2.15. The quantitative estimate of drug-likeness (QED) is 0.555. The van der Waals surface area contributed by atoms with Crippen molar-refractivity contribution < 1.29 is 9.21 Å². The predicted molar refractivity (Wildman–Crippen MR) is 96.7 cm³/mol. The molecule has 1 aromatic heterocycles. The second kappa shape index (κ2) is 8.11. The Morgan fingerprint density at radius 1 is 0.917 bits per heavy atom. The molecule has 0 bridgehead atoms. The van der Waals surface area contributed by atoms with Gasteiger partial charge in [-0.2, -0.15) is 0 Å². The summed E-state index contributed by atoms with van der Waals surface area (Å²) in [6.07, 6.45) is 6.28. The van der Waals surface area contributed by atoms with E-state index < -0.39 is 0 Å². The third kappa shape index (κ3) is 4.56. The van der Waals surface area contributed by atoms with Crippen LogP contribution in [0.25, 0.3) is 6.08 Å². The maximum absolute atomic E-state index is 12.4.